The molecule has 80 heavy (non-hydrogen) atoms. The lowest BCUT2D eigenvalue weighted by Gasteiger charge is -2.73. The zero-order valence-electron chi connectivity index (χ0n) is 47.7. The minimum Gasteiger partial charge on any atom is -0.479 e. The number of aliphatic hydroxyl groups is 11. The molecule has 0 aromatic heterocycles. The fourth-order valence-electron chi connectivity index (χ4n) is 16.2. The quantitative estimate of drug-likeness (QED) is 0.0480. The fourth-order valence-corrected chi connectivity index (χ4v) is 16.2. The van der Waals surface area contributed by atoms with Gasteiger partial charge >= 0.3 is 17.9 Å². The van der Waals surface area contributed by atoms with Crippen LogP contribution >= 0.6 is 0 Å². The second-order valence-corrected chi connectivity index (χ2v) is 26.0. The van der Waals surface area contributed by atoms with E-state index in [1.54, 1.807) is 39.8 Å². The van der Waals surface area contributed by atoms with Crippen LogP contribution in [0.2, 0.25) is 0 Å². The monoisotopic (exact) mass is 1140 g/mol. The summed E-state index contributed by atoms with van der Waals surface area (Å²) in [5.41, 5.74) is -4.40. The van der Waals surface area contributed by atoms with E-state index in [0.717, 1.165) is 5.57 Å². The highest BCUT2D eigenvalue weighted by Gasteiger charge is 2.76. The van der Waals surface area contributed by atoms with Gasteiger partial charge in [0.25, 0.3) is 0 Å². The van der Waals surface area contributed by atoms with Gasteiger partial charge in [0, 0.05) is 22.0 Å². The number of carbonyl (C=O) groups excluding carboxylic acids is 2. The normalized spacial score (nSPS) is 49.0. The molecule has 0 aromatic rings. The maximum Gasteiger partial charge on any atom is 0.335 e. The van der Waals surface area contributed by atoms with E-state index in [0.29, 0.717) is 37.7 Å². The Labute approximate surface area is 466 Å². The molecule has 8 rings (SSSR count). The molecule has 3 aliphatic heterocycles. The molecule has 3 saturated heterocycles. The lowest BCUT2D eigenvalue weighted by atomic mass is 9.32. The van der Waals surface area contributed by atoms with Crippen molar-refractivity contribution in [3.8, 4) is 0 Å². The number of aliphatic hydroxyl groups excluding tert-OH is 11. The third-order valence-corrected chi connectivity index (χ3v) is 21.4. The molecule has 23 heteroatoms. The van der Waals surface area contributed by atoms with Crippen LogP contribution in [0.25, 0.3) is 0 Å². The Kier molecular flexibility index (Phi) is 17.9. The molecule has 8 aliphatic rings. The predicted octanol–water partition coefficient (Wildman–Crippen LogP) is 0.263. The van der Waals surface area contributed by atoms with Gasteiger partial charge < -0.3 is 99.2 Å². The van der Waals surface area contributed by atoms with E-state index in [2.05, 4.69) is 19.9 Å². The summed E-state index contributed by atoms with van der Waals surface area (Å²) in [4.78, 5) is 40.3. The minimum atomic E-state index is -2.13. The lowest BCUT2D eigenvalue weighted by Crippen LogP contribution is -2.76. The lowest BCUT2D eigenvalue weighted by molar-refractivity contribution is -0.386. The number of esters is 2. The first-order valence-electron chi connectivity index (χ1n) is 28.1. The van der Waals surface area contributed by atoms with Crippen LogP contribution in [0.4, 0.5) is 0 Å². The van der Waals surface area contributed by atoms with Crippen molar-refractivity contribution in [1.29, 1.82) is 0 Å². The van der Waals surface area contributed by atoms with E-state index in [-0.39, 0.29) is 23.8 Å². The summed E-state index contributed by atoms with van der Waals surface area (Å²) in [6, 6.07) is 0. The molecule has 0 spiro atoms. The number of hydrogen-bond donors (Lipinski definition) is 12. The molecule has 26 atom stereocenters. The molecular formula is C57H88O23. The maximum atomic E-state index is 13.9. The molecule has 0 bridgehead atoms. The number of allylic oxidation sites excluding steroid dienone is 3. The highest BCUT2D eigenvalue weighted by molar-refractivity contribution is 5.89. The number of carboxylic acids is 1. The van der Waals surface area contributed by atoms with Crippen LogP contribution in [-0.2, 0) is 52.3 Å². The van der Waals surface area contributed by atoms with E-state index in [4.69, 9.17) is 37.9 Å². The van der Waals surface area contributed by atoms with Gasteiger partial charge in [-0.2, -0.15) is 0 Å². The van der Waals surface area contributed by atoms with Gasteiger partial charge in [0.05, 0.1) is 43.5 Å². The zero-order valence-corrected chi connectivity index (χ0v) is 47.7. The van der Waals surface area contributed by atoms with Crippen LogP contribution in [-0.4, -0.2) is 216 Å². The second kappa shape index (κ2) is 22.7. The third kappa shape index (κ3) is 9.76. The van der Waals surface area contributed by atoms with Gasteiger partial charge in [0.15, 0.2) is 31.1 Å². The number of ether oxygens (including phenoxy) is 8. The van der Waals surface area contributed by atoms with Gasteiger partial charge in [-0.15, -0.1) is 0 Å². The number of rotatable bonds is 14. The molecule has 0 unspecified atom stereocenters. The van der Waals surface area contributed by atoms with Crippen LogP contribution in [0.1, 0.15) is 115 Å². The SMILES string of the molecule is C/C=C(/C)C(=O)O[C@H]1[C@H](OC(=O)/C(C)=C\C)[C@]2(CO)[C@H](O)[C@H](O)[C@]3(C)C(=CC[C@@H]4[C@@]5(C)CC[C@H](O[C@@H]6O[C@H](C(=O)O)[C@@H](O)[C@H](O[C@@H]7O[C@@H](CO)[C@H](O)[C@H]7O)[C@H]6O[C@@H]6O[C@H](CO)[C@@H](O)[C@H](O)[C@H]6O)C(C)(C)[C@@H]5CC[C@]43C)[C@@H]2CC1(C)C. The summed E-state index contributed by atoms with van der Waals surface area (Å²) in [5.74, 6) is -4.01. The first kappa shape index (κ1) is 63.0. The van der Waals surface area contributed by atoms with E-state index in [1.807, 2.05) is 34.6 Å². The highest BCUT2D eigenvalue weighted by atomic mass is 16.8. The Hall–Kier alpha value is -3.05. The molecule has 454 valence electrons. The van der Waals surface area contributed by atoms with Gasteiger partial charge in [0.2, 0.25) is 0 Å². The first-order chi connectivity index (χ1) is 37.3. The third-order valence-electron chi connectivity index (χ3n) is 21.4. The van der Waals surface area contributed by atoms with Crippen molar-refractivity contribution < 1.29 is 114 Å². The molecule has 23 nitrogen and oxygen atoms in total. The molecule has 12 N–H and O–H groups in total. The molecular weight excluding hydrogens is 1050 g/mol. The Morgan fingerprint density at radius 1 is 0.637 bits per heavy atom. The molecule has 7 fully saturated rings. The van der Waals surface area contributed by atoms with Crippen LogP contribution in [0.5, 0.6) is 0 Å². The zero-order chi connectivity index (χ0) is 59.3. The van der Waals surface area contributed by atoms with Crippen LogP contribution in [0, 0.1) is 50.2 Å². The molecule has 5 aliphatic carbocycles. The standard InChI is InChI=1S/C57H88O23/c1-12-24(3)47(71)79-44-45(80-48(72)25(4)13-2)57(23-60)27(20-52(44,5)6)26-14-15-31-54(9)18-17-32(53(7,8)30(54)16-19-55(31,10)56(26,11)42(67)43(57)68)75-51-41(78-50-37(65)35(63)33(61)28(21-58)73-50)39(38(66)40(77-51)46(69)70)76-49-36(64)34(62)29(22-59)74-49/h12-14,27-45,49-51,58-68H,15-23H2,1-11H3,(H,69,70)/b24-12-,25-13-/t27-,28+,29-,30-,31+,32-,33+,34-,35-,36+,37+,38-,39-,40-,41+,42-,43+,44-,45-,49-,50-,51+,54-,55+,56-,57-/m0/s1. The van der Waals surface area contributed by atoms with Crippen molar-refractivity contribution in [2.75, 3.05) is 19.8 Å². The van der Waals surface area contributed by atoms with Crippen molar-refractivity contribution in [3.63, 3.8) is 0 Å². The van der Waals surface area contributed by atoms with Crippen LogP contribution in [0.3, 0.4) is 0 Å². The molecule has 0 radical (unpaired) electrons. The number of fused-ring (bicyclic) bond motifs is 7. The summed E-state index contributed by atoms with van der Waals surface area (Å²) in [6.07, 6.45) is -24.0. The molecule has 3 heterocycles. The van der Waals surface area contributed by atoms with Crippen molar-refractivity contribution in [2.45, 2.75) is 231 Å². The average Bonchev–Trinajstić information content (AvgIpc) is 3.81. The van der Waals surface area contributed by atoms with Gasteiger partial charge in [-0.05, 0) is 100 Å². The highest BCUT2D eigenvalue weighted by Crippen LogP contribution is 2.76. The van der Waals surface area contributed by atoms with Crippen LogP contribution in [0.15, 0.2) is 34.9 Å². The number of carboxylic acid groups (broad SMARTS) is 1. The number of hydrogen-bond acceptors (Lipinski definition) is 22. The van der Waals surface area contributed by atoms with Crippen molar-refractivity contribution in [3.05, 3.63) is 34.9 Å². The minimum absolute atomic E-state index is 0.153. The number of aliphatic carboxylic acids is 1. The predicted molar refractivity (Wildman–Crippen MR) is 277 cm³/mol. The molecule has 0 aromatic carbocycles. The largest absolute Gasteiger partial charge is 0.479 e. The summed E-state index contributed by atoms with van der Waals surface area (Å²) in [5, 5.41) is 134. The van der Waals surface area contributed by atoms with Crippen molar-refractivity contribution >= 4 is 17.9 Å². The summed E-state index contributed by atoms with van der Waals surface area (Å²) < 4.78 is 49.0. The fraction of sp³-hybridized carbons (Fsp3) is 0.842. The van der Waals surface area contributed by atoms with Gasteiger partial charge in [-0.25, -0.2) is 14.4 Å². The van der Waals surface area contributed by atoms with Gasteiger partial charge in [-0.3, -0.25) is 0 Å². The maximum absolute atomic E-state index is 13.9. The summed E-state index contributed by atoms with van der Waals surface area (Å²) >= 11 is 0. The smallest absolute Gasteiger partial charge is 0.335 e. The molecule has 0 amide bonds. The van der Waals surface area contributed by atoms with Crippen LogP contribution < -0.4 is 0 Å². The summed E-state index contributed by atoms with van der Waals surface area (Å²) in [7, 11) is 0. The number of carbonyl (C=O) groups is 3. The topological polar surface area (TPSA) is 368 Å². The summed E-state index contributed by atoms with van der Waals surface area (Å²) in [6.45, 7) is 18.4. The van der Waals surface area contributed by atoms with E-state index in [9.17, 15) is 75.7 Å². The van der Waals surface area contributed by atoms with Gasteiger partial charge in [-0.1, -0.05) is 72.3 Å². The average molecular weight is 1140 g/mol. The van der Waals surface area contributed by atoms with E-state index >= 15 is 0 Å². The Morgan fingerprint density at radius 2 is 1.18 bits per heavy atom. The van der Waals surface area contributed by atoms with Crippen molar-refractivity contribution in [1.82, 2.24) is 0 Å². The van der Waals surface area contributed by atoms with E-state index in [1.165, 1.54) is 0 Å². The Balaban J connectivity index is 1.14. The van der Waals surface area contributed by atoms with Gasteiger partial charge in [0.1, 0.15) is 67.1 Å². The van der Waals surface area contributed by atoms with Crippen molar-refractivity contribution in [2.24, 2.45) is 50.2 Å². The van der Waals surface area contributed by atoms with E-state index < -0.39 is 193 Å². The second-order valence-electron chi connectivity index (χ2n) is 26.0. The molecule has 4 saturated carbocycles. The Bertz CT molecular complexity index is 2390. The first-order valence-corrected chi connectivity index (χ1v) is 28.1. The Morgan fingerprint density at radius 3 is 1.71 bits per heavy atom.